The Morgan fingerprint density at radius 1 is 1.24 bits per heavy atom. The zero-order valence-corrected chi connectivity index (χ0v) is 14.9. The summed E-state index contributed by atoms with van der Waals surface area (Å²) in [6.45, 7) is 6.72. The Balaban J connectivity index is 2.34. The number of carbonyl (C=O) groups is 2. The SMILES string of the molecule is CCN(CC(=O)NC(C)C)C(=O)CCCNc1ccc([N+](=O)[O-])cc1. The number of likely N-dealkylation sites (N-methyl/N-ethyl adjacent to an activating group) is 1. The van der Waals surface area contributed by atoms with Crippen LogP contribution in [0.5, 0.6) is 0 Å². The molecule has 8 heteroatoms. The van der Waals surface area contributed by atoms with Gasteiger partial charge < -0.3 is 15.5 Å². The smallest absolute Gasteiger partial charge is 0.269 e. The molecule has 1 aromatic carbocycles. The number of benzene rings is 1. The molecule has 25 heavy (non-hydrogen) atoms. The van der Waals surface area contributed by atoms with Gasteiger partial charge in [0, 0.05) is 43.4 Å². The molecule has 0 aromatic heterocycles. The molecule has 0 heterocycles. The maximum Gasteiger partial charge on any atom is 0.269 e. The summed E-state index contributed by atoms with van der Waals surface area (Å²) in [5.41, 5.74) is 0.806. The van der Waals surface area contributed by atoms with Crippen LogP contribution in [0.25, 0.3) is 0 Å². The average molecular weight is 350 g/mol. The Kier molecular flexibility index (Phi) is 8.38. The Bertz CT molecular complexity index is 587. The number of anilines is 1. The molecule has 1 rings (SSSR count). The number of nitro groups is 1. The molecule has 0 atom stereocenters. The predicted molar refractivity (Wildman–Crippen MR) is 96.4 cm³/mol. The van der Waals surface area contributed by atoms with E-state index in [0.29, 0.717) is 25.9 Å². The third kappa shape index (κ3) is 7.65. The Morgan fingerprint density at radius 3 is 2.40 bits per heavy atom. The molecule has 0 unspecified atom stereocenters. The van der Waals surface area contributed by atoms with E-state index in [9.17, 15) is 19.7 Å². The highest BCUT2D eigenvalue weighted by molar-refractivity contribution is 5.84. The van der Waals surface area contributed by atoms with Crippen molar-refractivity contribution < 1.29 is 14.5 Å². The maximum absolute atomic E-state index is 12.2. The van der Waals surface area contributed by atoms with Crippen LogP contribution in [-0.2, 0) is 9.59 Å². The first kappa shape index (κ1) is 20.4. The number of nitrogens with one attached hydrogen (secondary N) is 2. The lowest BCUT2D eigenvalue weighted by Crippen LogP contribution is -2.42. The molecule has 2 amide bonds. The third-order valence-electron chi connectivity index (χ3n) is 3.49. The van der Waals surface area contributed by atoms with Gasteiger partial charge in [-0.15, -0.1) is 0 Å². The molecule has 0 aliphatic rings. The second-order valence-electron chi connectivity index (χ2n) is 5.96. The monoisotopic (exact) mass is 350 g/mol. The van der Waals surface area contributed by atoms with E-state index in [4.69, 9.17) is 0 Å². The summed E-state index contributed by atoms with van der Waals surface area (Å²) in [5.74, 6) is -0.221. The molecular weight excluding hydrogens is 324 g/mol. The normalized spacial score (nSPS) is 10.4. The first-order valence-electron chi connectivity index (χ1n) is 8.39. The van der Waals surface area contributed by atoms with Gasteiger partial charge in [0.05, 0.1) is 11.5 Å². The van der Waals surface area contributed by atoms with Gasteiger partial charge >= 0.3 is 0 Å². The first-order valence-corrected chi connectivity index (χ1v) is 8.39. The van der Waals surface area contributed by atoms with Crippen molar-refractivity contribution >= 4 is 23.2 Å². The second-order valence-corrected chi connectivity index (χ2v) is 5.96. The van der Waals surface area contributed by atoms with Crippen molar-refractivity contribution in [3.8, 4) is 0 Å². The molecule has 0 radical (unpaired) electrons. The van der Waals surface area contributed by atoms with Gasteiger partial charge in [-0.1, -0.05) is 0 Å². The average Bonchev–Trinajstić information content (AvgIpc) is 2.56. The van der Waals surface area contributed by atoms with Gasteiger partial charge in [0.25, 0.3) is 5.69 Å². The summed E-state index contributed by atoms with van der Waals surface area (Å²) < 4.78 is 0. The molecule has 2 N–H and O–H groups in total. The van der Waals surface area contributed by atoms with E-state index in [1.165, 1.54) is 17.0 Å². The zero-order valence-electron chi connectivity index (χ0n) is 14.9. The van der Waals surface area contributed by atoms with Crippen molar-refractivity contribution in [1.82, 2.24) is 10.2 Å². The molecule has 0 fully saturated rings. The highest BCUT2D eigenvalue weighted by Gasteiger charge is 2.15. The Hall–Kier alpha value is -2.64. The lowest BCUT2D eigenvalue weighted by molar-refractivity contribution is -0.384. The quantitative estimate of drug-likeness (QED) is 0.382. The number of nitrogens with zero attached hydrogens (tertiary/aromatic N) is 2. The summed E-state index contributed by atoms with van der Waals surface area (Å²) in [6, 6.07) is 6.18. The summed E-state index contributed by atoms with van der Waals surface area (Å²) in [7, 11) is 0. The number of amides is 2. The van der Waals surface area contributed by atoms with Crippen molar-refractivity contribution in [2.24, 2.45) is 0 Å². The van der Waals surface area contributed by atoms with Crippen LogP contribution >= 0.6 is 0 Å². The molecule has 1 aromatic rings. The zero-order chi connectivity index (χ0) is 18.8. The van der Waals surface area contributed by atoms with Crippen molar-refractivity contribution in [1.29, 1.82) is 0 Å². The minimum Gasteiger partial charge on any atom is -0.385 e. The van der Waals surface area contributed by atoms with Crippen LogP contribution in [0.3, 0.4) is 0 Å². The van der Waals surface area contributed by atoms with Crippen LogP contribution in [0.4, 0.5) is 11.4 Å². The Morgan fingerprint density at radius 2 is 1.88 bits per heavy atom. The fourth-order valence-corrected chi connectivity index (χ4v) is 2.25. The van der Waals surface area contributed by atoms with Gasteiger partial charge in [0.1, 0.15) is 0 Å². The molecule has 0 aliphatic carbocycles. The van der Waals surface area contributed by atoms with Gasteiger partial charge in [-0.3, -0.25) is 19.7 Å². The van der Waals surface area contributed by atoms with Crippen LogP contribution in [0, 0.1) is 10.1 Å². The van der Waals surface area contributed by atoms with Crippen molar-refractivity contribution in [3.63, 3.8) is 0 Å². The molecular formula is C17H26N4O4. The Labute approximate surface area is 147 Å². The number of hydrogen-bond donors (Lipinski definition) is 2. The highest BCUT2D eigenvalue weighted by Crippen LogP contribution is 2.15. The summed E-state index contributed by atoms with van der Waals surface area (Å²) in [6.07, 6.45) is 0.945. The van der Waals surface area contributed by atoms with E-state index in [-0.39, 0.29) is 30.1 Å². The van der Waals surface area contributed by atoms with Crippen LogP contribution in [0.1, 0.15) is 33.6 Å². The van der Waals surface area contributed by atoms with E-state index in [0.717, 1.165) is 5.69 Å². The van der Waals surface area contributed by atoms with Crippen molar-refractivity contribution in [2.75, 3.05) is 25.0 Å². The van der Waals surface area contributed by atoms with Gasteiger partial charge in [-0.05, 0) is 39.3 Å². The first-order chi connectivity index (χ1) is 11.8. The minimum atomic E-state index is -0.447. The predicted octanol–water partition coefficient (Wildman–Crippen LogP) is 2.16. The largest absolute Gasteiger partial charge is 0.385 e. The van der Waals surface area contributed by atoms with Crippen LogP contribution in [-0.4, -0.2) is 47.3 Å². The molecule has 0 saturated heterocycles. The molecule has 8 nitrogen and oxygen atoms in total. The second kappa shape index (κ2) is 10.3. The number of non-ortho nitro benzene ring substituents is 1. The lowest BCUT2D eigenvalue weighted by Gasteiger charge is -2.21. The molecule has 0 bridgehead atoms. The maximum atomic E-state index is 12.2. The van der Waals surface area contributed by atoms with Gasteiger partial charge in [-0.2, -0.15) is 0 Å². The van der Waals surface area contributed by atoms with Crippen LogP contribution < -0.4 is 10.6 Å². The summed E-state index contributed by atoms with van der Waals surface area (Å²) in [5, 5.41) is 16.5. The number of carbonyl (C=O) groups excluding carboxylic acids is 2. The number of nitro benzene ring substituents is 1. The summed E-state index contributed by atoms with van der Waals surface area (Å²) in [4.78, 5) is 35.6. The molecule has 138 valence electrons. The molecule has 0 saturated carbocycles. The van der Waals surface area contributed by atoms with E-state index in [1.54, 1.807) is 12.1 Å². The minimum absolute atomic E-state index is 0.0407. The van der Waals surface area contributed by atoms with Crippen LogP contribution in [0.2, 0.25) is 0 Å². The lowest BCUT2D eigenvalue weighted by atomic mass is 10.2. The topological polar surface area (TPSA) is 105 Å². The molecule has 0 aliphatic heterocycles. The van der Waals surface area contributed by atoms with E-state index < -0.39 is 4.92 Å². The van der Waals surface area contributed by atoms with Crippen molar-refractivity contribution in [3.05, 3.63) is 34.4 Å². The standard InChI is InChI=1S/C17H26N4O4/c1-4-20(12-16(22)19-13(2)3)17(23)6-5-11-18-14-7-9-15(10-8-14)21(24)25/h7-10,13,18H,4-6,11-12H2,1-3H3,(H,19,22). The van der Waals surface area contributed by atoms with Gasteiger partial charge in [0.15, 0.2) is 0 Å². The van der Waals surface area contributed by atoms with E-state index >= 15 is 0 Å². The fourth-order valence-electron chi connectivity index (χ4n) is 2.25. The third-order valence-corrected chi connectivity index (χ3v) is 3.49. The van der Waals surface area contributed by atoms with Crippen molar-refractivity contribution in [2.45, 2.75) is 39.7 Å². The van der Waals surface area contributed by atoms with Gasteiger partial charge in [-0.25, -0.2) is 0 Å². The van der Waals surface area contributed by atoms with Gasteiger partial charge in [0.2, 0.25) is 11.8 Å². The van der Waals surface area contributed by atoms with E-state index in [1.807, 2.05) is 20.8 Å². The number of rotatable bonds is 10. The number of hydrogen-bond acceptors (Lipinski definition) is 5. The molecule has 0 spiro atoms. The van der Waals surface area contributed by atoms with Crippen LogP contribution in [0.15, 0.2) is 24.3 Å². The summed E-state index contributed by atoms with van der Waals surface area (Å²) >= 11 is 0. The van der Waals surface area contributed by atoms with E-state index in [2.05, 4.69) is 10.6 Å². The fraction of sp³-hybridized carbons (Fsp3) is 0.529. The highest BCUT2D eigenvalue weighted by atomic mass is 16.6.